The summed E-state index contributed by atoms with van der Waals surface area (Å²) in [4.78, 5) is 18.0. The highest BCUT2D eigenvalue weighted by molar-refractivity contribution is 5.98. The molecule has 0 radical (unpaired) electrons. The molecule has 1 atom stereocenters. The number of aromatic amines is 1. The van der Waals surface area contributed by atoms with Crippen LogP contribution in [0.2, 0.25) is 0 Å². The summed E-state index contributed by atoms with van der Waals surface area (Å²) in [6, 6.07) is 18.3. The van der Waals surface area contributed by atoms with Crippen molar-refractivity contribution < 1.29 is 4.79 Å². The van der Waals surface area contributed by atoms with Gasteiger partial charge in [-0.3, -0.25) is 4.79 Å². The molecular weight excluding hydrogens is 310 g/mol. The fraction of sp³-hybridized carbons (Fsp3) is 0.286. The number of H-pyrrole nitrogens is 1. The molecule has 0 aliphatic rings. The molecule has 3 rings (SSSR count). The van der Waals surface area contributed by atoms with Gasteiger partial charge >= 0.3 is 0 Å². The minimum absolute atomic E-state index is 0.0599. The number of aromatic nitrogens is 1. The first-order valence-corrected chi connectivity index (χ1v) is 8.61. The van der Waals surface area contributed by atoms with Crippen LogP contribution < -0.4 is 5.32 Å². The van der Waals surface area contributed by atoms with E-state index in [1.807, 2.05) is 49.4 Å². The molecule has 0 saturated heterocycles. The molecule has 4 nitrogen and oxygen atoms in total. The number of carbonyl (C=O) groups excluding carboxylic acids is 1. The molecule has 1 aromatic heterocycles. The van der Waals surface area contributed by atoms with Crippen molar-refractivity contribution in [3.63, 3.8) is 0 Å². The second-order valence-electron chi connectivity index (χ2n) is 6.80. The number of aryl methyl sites for hydroxylation is 1. The molecule has 3 aromatic rings. The van der Waals surface area contributed by atoms with Crippen LogP contribution in [0.3, 0.4) is 0 Å². The first-order chi connectivity index (χ1) is 12.0. The maximum atomic E-state index is 12.6. The molecule has 0 aliphatic heterocycles. The Morgan fingerprint density at radius 2 is 1.88 bits per heavy atom. The van der Waals surface area contributed by atoms with Crippen molar-refractivity contribution >= 4 is 16.8 Å². The Balaban J connectivity index is 1.73. The van der Waals surface area contributed by atoms with Crippen LogP contribution in [0.25, 0.3) is 10.9 Å². The van der Waals surface area contributed by atoms with Crippen LogP contribution in [0.4, 0.5) is 0 Å². The highest BCUT2D eigenvalue weighted by Crippen LogP contribution is 2.19. The Bertz CT molecular complexity index is 852. The topological polar surface area (TPSA) is 48.1 Å². The molecule has 130 valence electrons. The number of fused-ring (bicyclic) bond motifs is 1. The molecule has 0 aliphatic carbocycles. The molecule has 1 unspecified atom stereocenters. The standard InChI is InChI=1S/C21H25N3O/c1-15-8-7-11-17-12-19(23-20(15)17)21(25)22-13-18(14-24(2)3)16-9-5-4-6-10-16/h4-12,18,23H,13-14H2,1-3H3,(H,22,25). The van der Waals surface area contributed by atoms with Crippen LogP contribution in [0, 0.1) is 6.92 Å². The number of hydrogen-bond acceptors (Lipinski definition) is 2. The fourth-order valence-electron chi connectivity index (χ4n) is 3.19. The summed E-state index contributed by atoms with van der Waals surface area (Å²) < 4.78 is 0. The molecule has 2 N–H and O–H groups in total. The summed E-state index contributed by atoms with van der Waals surface area (Å²) in [6.45, 7) is 3.54. The van der Waals surface area contributed by atoms with E-state index in [1.54, 1.807) is 0 Å². The number of para-hydroxylation sites is 1. The average Bonchev–Trinajstić information content (AvgIpc) is 3.04. The predicted octanol–water partition coefficient (Wildman–Crippen LogP) is 3.55. The lowest BCUT2D eigenvalue weighted by atomic mass is 9.98. The molecule has 4 heteroatoms. The van der Waals surface area contributed by atoms with Gasteiger partial charge < -0.3 is 15.2 Å². The van der Waals surface area contributed by atoms with Gasteiger partial charge in [-0.05, 0) is 38.2 Å². The van der Waals surface area contributed by atoms with Gasteiger partial charge in [0.2, 0.25) is 0 Å². The number of benzene rings is 2. The molecule has 0 spiro atoms. The summed E-state index contributed by atoms with van der Waals surface area (Å²) in [5.74, 6) is 0.196. The van der Waals surface area contributed by atoms with Crippen LogP contribution in [-0.4, -0.2) is 43.0 Å². The second kappa shape index (κ2) is 7.53. The summed E-state index contributed by atoms with van der Waals surface area (Å²) in [5.41, 5.74) is 4.02. The lowest BCUT2D eigenvalue weighted by Crippen LogP contribution is -2.33. The third-order valence-electron chi connectivity index (χ3n) is 4.47. The van der Waals surface area contributed by atoms with E-state index in [4.69, 9.17) is 0 Å². The van der Waals surface area contributed by atoms with Crippen molar-refractivity contribution in [2.75, 3.05) is 27.2 Å². The number of nitrogens with one attached hydrogen (secondary N) is 2. The van der Waals surface area contributed by atoms with Gasteiger partial charge in [0.1, 0.15) is 5.69 Å². The minimum Gasteiger partial charge on any atom is -0.350 e. The maximum Gasteiger partial charge on any atom is 0.267 e. The molecule has 2 aromatic carbocycles. The Morgan fingerprint density at radius 3 is 2.56 bits per heavy atom. The van der Waals surface area contributed by atoms with E-state index in [1.165, 1.54) is 5.56 Å². The van der Waals surface area contributed by atoms with Gasteiger partial charge in [-0.25, -0.2) is 0 Å². The number of carbonyl (C=O) groups is 1. The van der Waals surface area contributed by atoms with Crippen molar-refractivity contribution in [2.24, 2.45) is 0 Å². The Morgan fingerprint density at radius 1 is 1.12 bits per heavy atom. The fourth-order valence-corrected chi connectivity index (χ4v) is 3.19. The highest BCUT2D eigenvalue weighted by atomic mass is 16.1. The normalized spacial score (nSPS) is 12.5. The maximum absolute atomic E-state index is 12.6. The summed E-state index contributed by atoms with van der Waals surface area (Å²) in [7, 11) is 4.11. The van der Waals surface area contributed by atoms with E-state index >= 15 is 0 Å². The molecule has 0 bridgehead atoms. The van der Waals surface area contributed by atoms with Gasteiger partial charge in [-0.15, -0.1) is 0 Å². The molecule has 0 saturated carbocycles. The lowest BCUT2D eigenvalue weighted by molar-refractivity contribution is 0.0945. The van der Waals surface area contributed by atoms with E-state index in [0.717, 1.165) is 23.0 Å². The van der Waals surface area contributed by atoms with Crippen molar-refractivity contribution in [3.05, 3.63) is 71.4 Å². The van der Waals surface area contributed by atoms with Crippen LogP contribution in [-0.2, 0) is 0 Å². The number of rotatable bonds is 6. The van der Waals surface area contributed by atoms with Crippen molar-refractivity contribution in [2.45, 2.75) is 12.8 Å². The van der Waals surface area contributed by atoms with Gasteiger partial charge in [-0.1, -0.05) is 48.5 Å². The van der Waals surface area contributed by atoms with Crippen LogP contribution >= 0.6 is 0 Å². The monoisotopic (exact) mass is 335 g/mol. The quantitative estimate of drug-likeness (QED) is 0.724. The summed E-state index contributed by atoms with van der Waals surface area (Å²) >= 11 is 0. The van der Waals surface area contributed by atoms with E-state index < -0.39 is 0 Å². The zero-order chi connectivity index (χ0) is 17.8. The van der Waals surface area contributed by atoms with Crippen LogP contribution in [0.1, 0.15) is 27.5 Å². The van der Waals surface area contributed by atoms with Gasteiger partial charge in [-0.2, -0.15) is 0 Å². The van der Waals surface area contributed by atoms with Crippen LogP contribution in [0.15, 0.2) is 54.6 Å². The Kier molecular flexibility index (Phi) is 5.19. The zero-order valence-electron chi connectivity index (χ0n) is 15.0. The van der Waals surface area contributed by atoms with Gasteiger partial charge in [0.05, 0.1) is 0 Å². The van der Waals surface area contributed by atoms with E-state index in [2.05, 4.69) is 41.4 Å². The van der Waals surface area contributed by atoms with E-state index in [-0.39, 0.29) is 11.8 Å². The molecule has 25 heavy (non-hydrogen) atoms. The van der Waals surface area contributed by atoms with Gasteiger partial charge in [0.15, 0.2) is 0 Å². The summed E-state index contributed by atoms with van der Waals surface area (Å²) in [5, 5.41) is 4.15. The third-order valence-corrected chi connectivity index (χ3v) is 4.47. The smallest absolute Gasteiger partial charge is 0.267 e. The number of amides is 1. The SMILES string of the molecule is Cc1cccc2cc(C(=O)NCC(CN(C)C)c3ccccc3)[nH]c12. The summed E-state index contributed by atoms with van der Waals surface area (Å²) in [6.07, 6.45) is 0. The predicted molar refractivity (Wildman–Crippen MR) is 103 cm³/mol. The molecular formula is C21H25N3O. The first kappa shape index (κ1) is 17.2. The van der Waals surface area contributed by atoms with Gasteiger partial charge in [0.25, 0.3) is 5.91 Å². The number of nitrogens with zero attached hydrogens (tertiary/aromatic N) is 1. The average molecular weight is 335 g/mol. The Hall–Kier alpha value is -2.59. The van der Waals surface area contributed by atoms with Crippen molar-refractivity contribution in [1.82, 2.24) is 15.2 Å². The molecule has 0 fully saturated rings. The van der Waals surface area contributed by atoms with E-state index in [9.17, 15) is 4.79 Å². The molecule has 1 heterocycles. The Labute approximate surface area is 148 Å². The van der Waals surface area contributed by atoms with Gasteiger partial charge in [0, 0.05) is 29.9 Å². The largest absolute Gasteiger partial charge is 0.350 e. The lowest BCUT2D eigenvalue weighted by Gasteiger charge is -2.22. The van der Waals surface area contributed by atoms with Crippen LogP contribution in [0.5, 0.6) is 0 Å². The number of hydrogen-bond donors (Lipinski definition) is 2. The zero-order valence-corrected chi connectivity index (χ0v) is 15.0. The second-order valence-corrected chi connectivity index (χ2v) is 6.80. The highest BCUT2D eigenvalue weighted by Gasteiger charge is 2.16. The van der Waals surface area contributed by atoms with Crippen molar-refractivity contribution in [3.8, 4) is 0 Å². The number of likely N-dealkylation sites (N-methyl/N-ethyl adjacent to an activating group) is 1. The van der Waals surface area contributed by atoms with E-state index in [0.29, 0.717) is 12.2 Å². The third kappa shape index (κ3) is 4.09. The van der Waals surface area contributed by atoms with Crippen molar-refractivity contribution in [1.29, 1.82) is 0 Å². The first-order valence-electron chi connectivity index (χ1n) is 8.61. The molecule has 1 amide bonds. The minimum atomic E-state index is -0.0599.